The van der Waals surface area contributed by atoms with Crippen LogP contribution >= 0.6 is 0 Å². The number of hydrogen-bond donors (Lipinski definition) is 1. The number of nitro groups is 1. The van der Waals surface area contributed by atoms with Gasteiger partial charge in [-0.05, 0) is 37.8 Å². The smallest absolute Gasteiger partial charge is 0.269 e. The van der Waals surface area contributed by atoms with Crippen molar-refractivity contribution in [1.82, 2.24) is 9.62 Å². The van der Waals surface area contributed by atoms with Gasteiger partial charge in [0.05, 0.1) is 22.1 Å². The molecule has 1 aliphatic rings. The number of non-ortho nitro benzene ring substituents is 1. The summed E-state index contributed by atoms with van der Waals surface area (Å²) in [7, 11) is -3.32. The lowest BCUT2D eigenvalue weighted by Gasteiger charge is -2.41. The second-order valence-electron chi connectivity index (χ2n) is 7.79. The third kappa shape index (κ3) is 4.77. The van der Waals surface area contributed by atoms with E-state index in [0.717, 1.165) is 5.56 Å². The molecule has 1 heterocycles. The molecule has 3 rings (SSSR count). The molecule has 1 N–H and O–H groups in total. The Morgan fingerprint density at radius 1 is 1.16 bits per heavy atom. The number of amides is 1. The summed E-state index contributed by atoms with van der Waals surface area (Å²) < 4.78 is 26.0. The molecule has 0 radical (unpaired) electrons. The van der Waals surface area contributed by atoms with Crippen LogP contribution < -0.4 is 5.32 Å². The van der Waals surface area contributed by atoms with Crippen molar-refractivity contribution in [3.05, 3.63) is 75.8 Å². The van der Waals surface area contributed by atoms with E-state index in [0.29, 0.717) is 18.4 Å². The molecule has 1 aliphatic heterocycles. The fraction of sp³-hybridized carbons (Fsp3) is 0.409. The first-order valence-electron chi connectivity index (χ1n) is 10.3. The van der Waals surface area contributed by atoms with Gasteiger partial charge in [0.25, 0.3) is 5.69 Å². The van der Waals surface area contributed by atoms with E-state index in [2.05, 4.69) is 5.32 Å². The number of hydrogen-bond acceptors (Lipinski definition) is 5. The van der Waals surface area contributed by atoms with Gasteiger partial charge in [-0.2, -0.15) is 0 Å². The molecule has 1 atom stereocenters. The molecule has 0 aliphatic carbocycles. The van der Waals surface area contributed by atoms with E-state index in [4.69, 9.17) is 0 Å². The summed E-state index contributed by atoms with van der Waals surface area (Å²) in [6, 6.07) is 15.1. The molecule has 31 heavy (non-hydrogen) atoms. The lowest BCUT2D eigenvalue weighted by Crippen LogP contribution is -2.53. The van der Waals surface area contributed by atoms with Gasteiger partial charge in [0, 0.05) is 25.2 Å². The first-order valence-corrected chi connectivity index (χ1v) is 11.9. The Kier molecular flexibility index (Phi) is 6.76. The van der Waals surface area contributed by atoms with E-state index in [1.165, 1.54) is 16.4 Å². The average Bonchev–Trinajstić information content (AvgIpc) is 2.79. The summed E-state index contributed by atoms with van der Waals surface area (Å²) in [4.78, 5) is 24.2. The Labute approximate surface area is 182 Å². The third-order valence-corrected chi connectivity index (χ3v) is 7.91. The van der Waals surface area contributed by atoms with Crippen molar-refractivity contribution in [3.8, 4) is 0 Å². The Balaban J connectivity index is 1.86. The maximum atomic E-state index is 13.5. The van der Waals surface area contributed by atoms with Crippen LogP contribution in [0, 0.1) is 10.1 Å². The summed E-state index contributed by atoms with van der Waals surface area (Å²) >= 11 is 0. The molecule has 1 saturated heterocycles. The number of sulfonamides is 1. The molecule has 0 saturated carbocycles. The van der Waals surface area contributed by atoms with Crippen LogP contribution in [-0.4, -0.2) is 42.4 Å². The normalized spacial score (nSPS) is 17.6. The second-order valence-corrected chi connectivity index (χ2v) is 10.1. The summed E-state index contributed by atoms with van der Waals surface area (Å²) in [5.74, 6) is -0.173. The van der Waals surface area contributed by atoms with Gasteiger partial charge in [-0.25, -0.2) is 12.7 Å². The summed E-state index contributed by atoms with van der Waals surface area (Å²) in [6.07, 6.45) is 0.730. The van der Waals surface area contributed by atoms with Crippen molar-refractivity contribution in [2.75, 3.05) is 18.8 Å². The highest BCUT2D eigenvalue weighted by atomic mass is 32.2. The molecule has 9 heteroatoms. The Morgan fingerprint density at radius 2 is 1.81 bits per heavy atom. The highest BCUT2D eigenvalue weighted by Crippen LogP contribution is 2.37. The maximum Gasteiger partial charge on any atom is 0.269 e. The van der Waals surface area contributed by atoms with Crippen molar-refractivity contribution >= 4 is 21.6 Å². The molecule has 0 spiro atoms. The fourth-order valence-corrected chi connectivity index (χ4v) is 5.16. The van der Waals surface area contributed by atoms with Crippen LogP contribution in [0.4, 0.5) is 5.69 Å². The van der Waals surface area contributed by atoms with E-state index in [9.17, 15) is 23.3 Å². The van der Waals surface area contributed by atoms with Crippen LogP contribution in [0.5, 0.6) is 0 Å². The highest BCUT2D eigenvalue weighted by Gasteiger charge is 2.45. The summed E-state index contributed by atoms with van der Waals surface area (Å²) in [5.41, 5.74) is 0.578. The van der Waals surface area contributed by atoms with Crippen LogP contribution in [0.25, 0.3) is 0 Å². The largest absolute Gasteiger partial charge is 0.349 e. The summed E-state index contributed by atoms with van der Waals surface area (Å²) in [5, 5.41) is 14.1. The lowest BCUT2D eigenvalue weighted by atomic mass is 9.72. The van der Waals surface area contributed by atoms with Gasteiger partial charge >= 0.3 is 0 Å². The molecule has 2 aromatic carbocycles. The number of nitrogens with one attached hydrogen (secondary N) is 1. The fourth-order valence-electron chi connectivity index (χ4n) is 4.06. The maximum absolute atomic E-state index is 13.5. The van der Waals surface area contributed by atoms with Gasteiger partial charge in [0.2, 0.25) is 15.9 Å². The van der Waals surface area contributed by atoms with Gasteiger partial charge in [-0.3, -0.25) is 14.9 Å². The number of carbonyl (C=O) groups excluding carboxylic acids is 1. The van der Waals surface area contributed by atoms with Gasteiger partial charge in [-0.15, -0.1) is 0 Å². The van der Waals surface area contributed by atoms with Gasteiger partial charge in [0.1, 0.15) is 0 Å². The molecule has 0 bridgehead atoms. The molecule has 1 amide bonds. The Morgan fingerprint density at radius 3 is 2.39 bits per heavy atom. The number of piperidine rings is 1. The van der Waals surface area contributed by atoms with Crippen LogP contribution in [0.1, 0.15) is 43.9 Å². The van der Waals surface area contributed by atoms with E-state index in [1.807, 2.05) is 30.3 Å². The molecule has 1 unspecified atom stereocenters. The number of rotatable bonds is 7. The number of carbonyl (C=O) groups is 1. The van der Waals surface area contributed by atoms with Crippen molar-refractivity contribution < 1.29 is 18.1 Å². The van der Waals surface area contributed by atoms with Crippen molar-refractivity contribution in [2.24, 2.45) is 0 Å². The van der Waals surface area contributed by atoms with E-state index < -0.39 is 26.4 Å². The SMILES string of the molecule is CCS(=O)(=O)N1CCC(C(=O)NC(C)c2cccc([N+](=O)[O-])c2)(c2ccccc2)CC1. The van der Waals surface area contributed by atoms with E-state index >= 15 is 0 Å². The molecule has 1 fully saturated rings. The molecule has 2 aromatic rings. The van der Waals surface area contributed by atoms with Gasteiger partial charge < -0.3 is 5.32 Å². The predicted molar refractivity (Wildman–Crippen MR) is 118 cm³/mol. The van der Waals surface area contributed by atoms with Crippen molar-refractivity contribution in [2.45, 2.75) is 38.1 Å². The van der Waals surface area contributed by atoms with Gasteiger partial charge in [0.15, 0.2) is 0 Å². The number of nitrogens with zero attached hydrogens (tertiary/aromatic N) is 2. The monoisotopic (exact) mass is 445 g/mol. The quantitative estimate of drug-likeness (QED) is 0.520. The molecule has 8 nitrogen and oxygen atoms in total. The van der Waals surface area contributed by atoms with Crippen LogP contribution in [0.2, 0.25) is 0 Å². The van der Waals surface area contributed by atoms with Crippen molar-refractivity contribution in [3.63, 3.8) is 0 Å². The zero-order valence-corrected chi connectivity index (χ0v) is 18.5. The second kappa shape index (κ2) is 9.15. The van der Waals surface area contributed by atoms with E-state index in [-0.39, 0.29) is 30.4 Å². The molecular weight excluding hydrogens is 418 g/mol. The minimum atomic E-state index is -3.32. The zero-order valence-electron chi connectivity index (χ0n) is 17.7. The predicted octanol–water partition coefficient (Wildman–Crippen LogP) is 3.16. The highest BCUT2D eigenvalue weighted by molar-refractivity contribution is 7.89. The zero-order chi connectivity index (χ0) is 22.6. The minimum absolute atomic E-state index is 0.0291. The third-order valence-electron chi connectivity index (χ3n) is 6.02. The average molecular weight is 446 g/mol. The van der Waals surface area contributed by atoms with E-state index in [1.54, 1.807) is 26.0 Å². The van der Waals surface area contributed by atoms with Crippen LogP contribution in [-0.2, 0) is 20.2 Å². The van der Waals surface area contributed by atoms with Gasteiger partial charge in [-0.1, -0.05) is 42.5 Å². The Hall–Kier alpha value is -2.78. The van der Waals surface area contributed by atoms with Crippen LogP contribution in [0.3, 0.4) is 0 Å². The summed E-state index contributed by atoms with van der Waals surface area (Å²) in [6.45, 7) is 3.93. The van der Waals surface area contributed by atoms with Crippen LogP contribution in [0.15, 0.2) is 54.6 Å². The Bertz CT molecular complexity index is 1050. The number of nitro benzene ring substituents is 1. The lowest BCUT2D eigenvalue weighted by molar-refractivity contribution is -0.384. The van der Waals surface area contributed by atoms with Crippen molar-refractivity contribution in [1.29, 1.82) is 0 Å². The number of benzene rings is 2. The first kappa shape index (κ1) is 22.9. The first-order chi connectivity index (χ1) is 14.7. The standard InChI is InChI=1S/C22H27N3O5S/c1-3-31(29,30)24-14-12-22(13-15-24,19-9-5-4-6-10-19)21(26)23-17(2)18-8-7-11-20(16-18)25(27)28/h4-11,16-17H,3,12-15H2,1-2H3,(H,23,26). The molecule has 0 aromatic heterocycles. The minimum Gasteiger partial charge on any atom is -0.349 e. The molecular formula is C22H27N3O5S. The topological polar surface area (TPSA) is 110 Å². The molecule has 166 valence electrons.